The molecule has 0 radical (unpaired) electrons. The van der Waals surface area contributed by atoms with Crippen molar-refractivity contribution in [3.63, 3.8) is 0 Å². The molecule has 1 fully saturated rings. The van der Waals surface area contributed by atoms with Crippen LogP contribution < -0.4 is 11.1 Å². The van der Waals surface area contributed by atoms with E-state index in [1.54, 1.807) is 0 Å². The van der Waals surface area contributed by atoms with Gasteiger partial charge in [0.05, 0.1) is 6.61 Å². The van der Waals surface area contributed by atoms with E-state index >= 15 is 0 Å². The van der Waals surface area contributed by atoms with Gasteiger partial charge in [-0.2, -0.15) is 0 Å². The third-order valence-electron chi connectivity index (χ3n) is 3.07. The number of hydrogen-bond acceptors (Lipinski definition) is 4. The van der Waals surface area contributed by atoms with Crippen LogP contribution in [0.25, 0.3) is 0 Å². The lowest BCUT2D eigenvalue weighted by molar-refractivity contribution is -0.143. The van der Waals surface area contributed by atoms with Crippen molar-refractivity contribution in [2.75, 3.05) is 13.2 Å². The van der Waals surface area contributed by atoms with Gasteiger partial charge in [-0.15, -0.1) is 0 Å². The second-order valence-corrected chi connectivity index (χ2v) is 4.47. The Hall–Kier alpha value is -0.610. The molecule has 0 unspecified atom stereocenters. The van der Waals surface area contributed by atoms with Crippen molar-refractivity contribution in [1.29, 1.82) is 0 Å². The summed E-state index contributed by atoms with van der Waals surface area (Å²) in [4.78, 5) is 11.1. The van der Waals surface area contributed by atoms with Gasteiger partial charge in [0, 0.05) is 18.5 Å². The number of ether oxygens (including phenoxy) is 1. The SMILES string of the molecule is CCOC(=O)CCCNC1CCC(N)CC1. The molecule has 1 rings (SSSR count). The molecule has 4 heteroatoms. The lowest BCUT2D eigenvalue weighted by Gasteiger charge is -2.26. The molecule has 0 atom stereocenters. The Morgan fingerprint density at radius 1 is 1.38 bits per heavy atom. The van der Waals surface area contributed by atoms with Crippen LogP contribution in [0.2, 0.25) is 0 Å². The standard InChI is InChI=1S/C12H24N2O2/c1-2-16-12(15)4-3-9-14-11-7-5-10(13)6-8-11/h10-11,14H,2-9,13H2,1H3. The van der Waals surface area contributed by atoms with Crippen LogP contribution in [0.4, 0.5) is 0 Å². The second-order valence-electron chi connectivity index (χ2n) is 4.47. The van der Waals surface area contributed by atoms with Gasteiger partial charge in [0.2, 0.25) is 0 Å². The Labute approximate surface area is 97.9 Å². The van der Waals surface area contributed by atoms with Gasteiger partial charge >= 0.3 is 5.97 Å². The molecule has 16 heavy (non-hydrogen) atoms. The Balaban J connectivity index is 1.97. The van der Waals surface area contributed by atoms with Crippen LogP contribution in [0.15, 0.2) is 0 Å². The van der Waals surface area contributed by atoms with Gasteiger partial charge in [-0.25, -0.2) is 0 Å². The van der Waals surface area contributed by atoms with E-state index in [-0.39, 0.29) is 5.97 Å². The first-order valence-corrected chi connectivity index (χ1v) is 6.37. The summed E-state index contributed by atoms with van der Waals surface area (Å²) < 4.78 is 4.86. The molecule has 0 spiro atoms. The van der Waals surface area contributed by atoms with Crippen molar-refractivity contribution in [2.24, 2.45) is 5.73 Å². The molecule has 1 aliphatic carbocycles. The number of carbonyl (C=O) groups excluding carboxylic acids is 1. The molecule has 0 heterocycles. The maximum Gasteiger partial charge on any atom is 0.305 e. The summed E-state index contributed by atoms with van der Waals surface area (Å²) in [7, 11) is 0. The quantitative estimate of drug-likeness (QED) is 0.529. The molecule has 0 saturated heterocycles. The summed E-state index contributed by atoms with van der Waals surface area (Å²) >= 11 is 0. The zero-order valence-electron chi connectivity index (χ0n) is 10.2. The lowest BCUT2D eigenvalue weighted by atomic mass is 9.92. The van der Waals surface area contributed by atoms with Gasteiger partial charge in [-0.05, 0) is 45.6 Å². The van der Waals surface area contributed by atoms with Crippen LogP contribution in [0.3, 0.4) is 0 Å². The summed E-state index contributed by atoms with van der Waals surface area (Å²) in [5.41, 5.74) is 5.84. The van der Waals surface area contributed by atoms with Crippen molar-refractivity contribution in [2.45, 2.75) is 57.5 Å². The highest BCUT2D eigenvalue weighted by Gasteiger charge is 2.17. The van der Waals surface area contributed by atoms with E-state index in [9.17, 15) is 4.79 Å². The number of esters is 1. The zero-order chi connectivity index (χ0) is 11.8. The molecule has 1 aliphatic rings. The number of carbonyl (C=O) groups is 1. The summed E-state index contributed by atoms with van der Waals surface area (Å²) in [6.07, 6.45) is 5.96. The molecule has 1 saturated carbocycles. The highest BCUT2D eigenvalue weighted by molar-refractivity contribution is 5.69. The minimum Gasteiger partial charge on any atom is -0.466 e. The van der Waals surface area contributed by atoms with Crippen LogP contribution in [0, 0.1) is 0 Å². The summed E-state index contributed by atoms with van der Waals surface area (Å²) in [6, 6.07) is 1.000. The summed E-state index contributed by atoms with van der Waals surface area (Å²) in [6.45, 7) is 3.22. The normalized spacial score (nSPS) is 25.4. The fraction of sp³-hybridized carbons (Fsp3) is 0.917. The average molecular weight is 228 g/mol. The predicted molar refractivity (Wildman–Crippen MR) is 64.1 cm³/mol. The molecule has 94 valence electrons. The molecule has 0 aromatic heterocycles. The largest absolute Gasteiger partial charge is 0.466 e. The van der Waals surface area contributed by atoms with Crippen molar-refractivity contribution >= 4 is 5.97 Å². The first-order chi connectivity index (χ1) is 7.72. The van der Waals surface area contributed by atoms with E-state index in [1.165, 1.54) is 12.8 Å². The highest BCUT2D eigenvalue weighted by atomic mass is 16.5. The molecule has 0 amide bonds. The monoisotopic (exact) mass is 228 g/mol. The number of nitrogens with two attached hydrogens (primary N) is 1. The van der Waals surface area contributed by atoms with E-state index < -0.39 is 0 Å². The predicted octanol–water partition coefficient (Wildman–Crippen LogP) is 1.19. The molecule has 0 bridgehead atoms. The third-order valence-corrected chi connectivity index (χ3v) is 3.07. The molecular weight excluding hydrogens is 204 g/mol. The highest BCUT2D eigenvalue weighted by Crippen LogP contribution is 2.16. The first-order valence-electron chi connectivity index (χ1n) is 6.37. The van der Waals surface area contributed by atoms with E-state index in [2.05, 4.69) is 5.32 Å². The Bertz CT molecular complexity index is 201. The average Bonchev–Trinajstić information content (AvgIpc) is 2.27. The maximum atomic E-state index is 11.1. The van der Waals surface area contributed by atoms with E-state index in [0.29, 0.717) is 25.1 Å². The Morgan fingerprint density at radius 3 is 2.69 bits per heavy atom. The molecule has 0 aliphatic heterocycles. The minimum atomic E-state index is -0.0880. The van der Waals surface area contributed by atoms with Crippen molar-refractivity contribution < 1.29 is 9.53 Å². The van der Waals surface area contributed by atoms with Crippen LogP contribution in [-0.2, 0) is 9.53 Å². The van der Waals surface area contributed by atoms with Gasteiger partial charge < -0.3 is 15.8 Å². The van der Waals surface area contributed by atoms with Gasteiger partial charge in [-0.3, -0.25) is 4.79 Å². The smallest absolute Gasteiger partial charge is 0.305 e. The van der Waals surface area contributed by atoms with Gasteiger partial charge in [-0.1, -0.05) is 0 Å². The number of hydrogen-bond donors (Lipinski definition) is 2. The fourth-order valence-electron chi connectivity index (χ4n) is 2.10. The van der Waals surface area contributed by atoms with Gasteiger partial charge in [0.1, 0.15) is 0 Å². The Kier molecular flexibility index (Phi) is 6.42. The molecule has 0 aromatic rings. The zero-order valence-corrected chi connectivity index (χ0v) is 10.2. The summed E-state index contributed by atoms with van der Waals surface area (Å²) in [5, 5.41) is 3.48. The fourth-order valence-corrected chi connectivity index (χ4v) is 2.10. The van der Waals surface area contributed by atoms with Gasteiger partial charge in [0.25, 0.3) is 0 Å². The van der Waals surface area contributed by atoms with E-state index in [4.69, 9.17) is 10.5 Å². The second kappa shape index (κ2) is 7.63. The molecular formula is C12H24N2O2. The van der Waals surface area contributed by atoms with Crippen molar-refractivity contribution in [3.05, 3.63) is 0 Å². The summed E-state index contributed by atoms with van der Waals surface area (Å²) in [5.74, 6) is -0.0880. The van der Waals surface area contributed by atoms with Crippen LogP contribution in [0.5, 0.6) is 0 Å². The third kappa shape index (κ3) is 5.47. The Morgan fingerprint density at radius 2 is 2.06 bits per heavy atom. The van der Waals surface area contributed by atoms with Crippen molar-refractivity contribution in [1.82, 2.24) is 5.32 Å². The van der Waals surface area contributed by atoms with E-state index in [0.717, 1.165) is 25.8 Å². The van der Waals surface area contributed by atoms with Gasteiger partial charge in [0.15, 0.2) is 0 Å². The topological polar surface area (TPSA) is 64.3 Å². The van der Waals surface area contributed by atoms with Crippen LogP contribution >= 0.6 is 0 Å². The van der Waals surface area contributed by atoms with Crippen molar-refractivity contribution in [3.8, 4) is 0 Å². The minimum absolute atomic E-state index is 0.0880. The molecule has 3 N–H and O–H groups in total. The lowest BCUT2D eigenvalue weighted by Crippen LogP contribution is -2.37. The van der Waals surface area contributed by atoms with Crippen LogP contribution in [0.1, 0.15) is 45.4 Å². The number of nitrogens with one attached hydrogen (secondary N) is 1. The first kappa shape index (κ1) is 13.5. The molecule has 4 nitrogen and oxygen atoms in total. The number of rotatable bonds is 6. The maximum absolute atomic E-state index is 11.1. The van der Waals surface area contributed by atoms with Crippen LogP contribution in [-0.4, -0.2) is 31.2 Å². The molecule has 0 aromatic carbocycles. The van der Waals surface area contributed by atoms with E-state index in [1.807, 2.05) is 6.92 Å².